The van der Waals surface area contributed by atoms with Crippen molar-refractivity contribution in [3.05, 3.63) is 185 Å². The maximum absolute atomic E-state index is 6.72. The molecule has 0 aliphatic heterocycles. The molecule has 3 N–H and O–H groups in total. The Kier molecular flexibility index (Phi) is 11.2. The van der Waals surface area contributed by atoms with Crippen LogP contribution in [-0.4, -0.2) is 18.2 Å². The smallest absolute Gasteiger partial charge is 0.0818 e. The molecule has 50 heavy (non-hydrogen) atoms. The number of benzene rings is 5. The van der Waals surface area contributed by atoms with Crippen LogP contribution in [0.15, 0.2) is 168 Å². The Morgan fingerprint density at radius 2 is 1.50 bits per heavy atom. The SMILES string of the molecule is C=NCC1=C=C=CC=C1.CC.NC(NCc1ccccc1)c1cccc2c1-c1cccc(-c3ccc(-c4cccc5cccnc45)cc3)c1C2. The lowest BCUT2D eigenvalue weighted by Crippen LogP contribution is -2.28. The summed E-state index contributed by atoms with van der Waals surface area (Å²) in [5, 5.41) is 4.69. The van der Waals surface area contributed by atoms with Gasteiger partial charge in [0.05, 0.1) is 18.2 Å². The van der Waals surface area contributed by atoms with E-state index in [4.69, 9.17) is 5.73 Å². The highest BCUT2D eigenvalue weighted by Gasteiger charge is 2.26. The molecule has 1 unspecified atom stereocenters. The van der Waals surface area contributed by atoms with Gasteiger partial charge in [0.1, 0.15) is 0 Å². The molecule has 8 rings (SSSR count). The molecule has 0 saturated heterocycles. The summed E-state index contributed by atoms with van der Waals surface area (Å²) in [5.41, 5.74) is 27.0. The highest BCUT2D eigenvalue weighted by molar-refractivity contribution is 5.94. The van der Waals surface area contributed by atoms with Crippen LogP contribution in [0.2, 0.25) is 0 Å². The van der Waals surface area contributed by atoms with Crippen molar-refractivity contribution in [1.82, 2.24) is 10.3 Å². The lowest BCUT2D eigenvalue weighted by Gasteiger charge is -2.19. The zero-order chi connectivity index (χ0) is 34.7. The Morgan fingerprint density at radius 3 is 2.26 bits per heavy atom. The van der Waals surface area contributed by atoms with E-state index in [2.05, 4.69) is 143 Å². The third-order valence-corrected chi connectivity index (χ3v) is 8.83. The van der Waals surface area contributed by atoms with Crippen LogP contribution >= 0.6 is 0 Å². The number of fused-ring (bicyclic) bond motifs is 4. The van der Waals surface area contributed by atoms with E-state index in [9.17, 15) is 0 Å². The second-order valence-corrected chi connectivity index (χ2v) is 11.9. The summed E-state index contributed by atoms with van der Waals surface area (Å²) >= 11 is 0. The van der Waals surface area contributed by atoms with Crippen molar-refractivity contribution in [1.29, 1.82) is 0 Å². The molecule has 4 heteroatoms. The number of pyridine rings is 1. The van der Waals surface area contributed by atoms with Crippen LogP contribution in [-0.2, 0) is 13.0 Å². The van der Waals surface area contributed by atoms with Gasteiger partial charge in [-0.15, -0.1) is 0 Å². The summed E-state index contributed by atoms with van der Waals surface area (Å²) in [6.07, 6.45) is 8.20. The van der Waals surface area contributed by atoms with Crippen LogP contribution in [0.25, 0.3) is 44.3 Å². The molecule has 1 aromatic heterocycles. The third kappa shape index (κ3) is 7.56. The zero-order valence-corrected chi connectivity index (χ0v) is 28.7. The average molecular weight is 651 g/mol. The molecule has 0 bridgehead atoms. The van der Waals surface area contributed by atoms with Crippen LogP contribution in [0.5, 0.6) is 0 Å². The molecule has 0 spiro atoms. The fraction of sp³-hybridized carbons (Fsp3) is 0.130. The zero-order valence-electron chi connectivity index (χ0n) is 28.7. The normalized spacial score (nSPS) is 12.5. The van der Waals surface area contributed by atoms with Crippen molar-refractivity contribution in [3.8, 4) is 33.4 Å². The van der Waals surface area contributed by atoms with E-state index in [-0.39, 0.29) is 6.17 Å². The first-order chi connectivity index (χ1) is 24.7. The van der Waals surface area contributed by atoms with Crippen molar-refractivity contribution in [3.63, 3.8) is 0 Å². The predicted molar refractivity (Wildman–Crippen MR) is 211 cm³/mol. The largest absolute Gasteiger partial charge is 0.312 e. The summed E-state index contributed by atoms with van der Waals surface area (Å²) in [6.45, 7) is 8.74. The molecule has 0 saturated carbocycles. The highest BCUT2D eigenvalue weighted by atomic mass is 15.0. The van der Waals surface area contributed by atoms with Gasteiger partial charge >= 0.3 is 0 Å². The van der Waals surface area contributed by atoms with Gasteiger partial charge in [-0.3, -0.25) is 15.3 Å². The number of allylic oxidation sites excluding steroid dienone is 2. The number of nitrogens with zero attached hydrogens (tertiary/aromatic N) is 2. The number of aromatic nitrogens is 1. The Morgan fingerprint density at radius 1 is 0.800 bits per heavy atom. The van der Waals surface area contributed by atoms with E-state index < -0.39 is 0 Å². The fourth-order valence-corrected chi connectivity index (χ4v) is 6.53. The van der Waals surface area contributed by atoms with E-state index in [1.54, 1.807) is 0 Å². The molecular weight excluding hydrogens is 609 g/mol. The van der Waals surface area contributed by atoms with Gasteiger partial charge in [-0.25, -0.2) is 0 Å². The van der Waals surface area contributed by atoms with Gasteiger partial charge in [0, 0.05) is 29.3 Å². The number of nitrogens with one attached hydrogen (secondary N) is 1. The van der Waals surface area contributed by atoms with Crippen LogP contribution in [0.3, 0.4) is 0 Å². The minimum absolute atomic E-state index is 0.247. The van der Waals surface area contributed by atoms with Gasteiger partial charge in [-0.05, 0) is 81.4 Å². The molecule has 1 atom stereocenters. The Labute approximate surface area is 295 Å². The standard InChI is InChI=1S/C36H29N3.C8H7N.C2H6/c37-36(39-23-24-8-2-1-3-9-24)32-16-5-11-28-22-33-29(13-6-15-31(33)34(28)32)25-17-19-26(20-18-25)30-14-4-10-27-12-7-21-38-35(27)30;1-9-7-8-5-3-2-4-6-8;1-2/h1-21,36,39H,22-23,37H2;2-3,5H,1,7H2;1-2H3. The van der Waals surface area contributed by atoms with Crippen molar-refractivity contribution in [2.24, 2.45) is 10.7 Å². The van der Waals surface area contributed by atoms with Gasteiger partial charge < -0.3 is 5.73 Å². The molecule has 1 heterocycles. The summed E-state index contributed by atoms with van der Waals surface area (Å²) < 4.78 is 0. The second kappa shape index (κ2) is 16.5. The number of nitrogens with two attached hydrogens (primary N) is 1. The molecule has 6 aromatic rings. The van der Waals surface area contributed by atoms with Gasteiger partial charge in [0.15, 0.2) is 0 Å². The van der Waals surface area contributed by atoms with Gasteiger partial charge in [-0.2, -0.15) is 0 Å². The minimum atomic E-state index is -0.247. The maximum atomic E-state index is 6.72. The van der Waals surface area contributed by atoms with E-state index in [0.29, 0.717) is 6.54 Å². The number of aliphatic imine (C=N–C) groups is 1. The highest BCUT2D eigenvalue weighted by Crippen LogP contribution is 2.44. The molecule has 2 aliphatic rings. The van der Waals surface area contributed by atoms with Crippen molar-refractivity contribution in [2.45, 2.75) is 33.0 Å². The van der Waals surface area contributed by atoms with E-state index in [0.717, 1.165) is 40.6 Å². The molecule has 0 radical (unpaired) electrons. The van der Waals surface area contributed by atoms with E-state index in [1.165, 1.54) is 44.5 Å². The molecule has 0 fully saturated rings. The molecule has 246 valence electrons. The number of rotatable bonds is 8. The van der Waals surface area contributed by atoms with Crippen molar-refractivity contribution >= 4 is 17.6 Å². The molecule has 2 aliphatic carbocycles. The van der Waals surface area contributed by atoms with Gasteiger partial charge in [0.2, 0.25) is 0 Å². The topological polar surface area (TPSA) is 63.3 Å². The summed E-state index contributed by atoms with van der Waals surface area (Å²) in [5.74, 6) is 0. The first-order valence-corrected chi connectivity index (χ1v) is 17.2. The molecular formula is C46H42N4. The van der Waals surface area contributed by atoms with Crippen LogP contribution in [0.1, 0.15) is 42.3 Å². The minimum Gasteiger partial charge on any atom is -0.312 e. The average Bonchev–Trinajstić information content (AvgIpc) is 3.58. The van der Waals surface area contributed by atoms with E-state index in [1.807, 2.05) is 50.4 Å². The Bertz CT molecular complexity index is 2230. The second-order valence-electron chi connectivity index (χ2n) is 11.9. The monoisotopic (exact) mass is 650 g/mol. The predicted octanol–water partition coefficient (Wildman–Crippen LogP) is 10.4. The number of hydrogen-bond acceptors (Lipinski definition) is 4. The lowest BCUT2D eigenvalue weighted by molar-refractivity contribution is 0.553. The first-order valence-electron chi connectivity index (χ1n) is 17.2. The number of hydrogen-bond donors (Lipinski definition) is 2. The van der Waals surface area contributed by atoms with Crippen molar-refractivity contribution in [2.75, 3.05) is 6.54 Å². The van der Waals surface area contributed by atoms with Gasteiger partial charge in [0.25, 0.3) is 0 Å². The van der Waals surface area contributed by atoms with Crippen LogP contribution in [0.4, 0.5) is 0 Å². The van der Waals surface area contributed by atoms with Crippen molar-refractivity contribution < 1.29 is 0 Å². The fourth-order valence-electron chi connectivity index (χ4n) is 6.53. The number of para-hydroxylation sites is 1. The Hall–Kier alpha value is -5.86. The van der Waals surface area contributed by atoms with Crippen LogP contribution < -0.4 is 11.1 Å². The maximum Gasteiger partial charge on any atom is 0.0818 e. The quantitative estimate of drug-likeness (QED) is 0.0977. The lowest BCUT2D eigenvalue weighted by atomic mass is 9.93. The summed E-state index contributed by atoms with van der Waals surface area (Å²) in [6, 6.07) is 43.0. The van der Waals surface area contributed by atoms with Crippen LogP contribution in [0, 0.1) is 0 Å². The van der Waals surface area contributed by atoms with E-state index >= 15 is 0 Å². The summed E-state index contributed by atoms with van der Waals surface area (Å²) in [4.78, 5) is 8.35. The molecule has 4 nitrogen and oxygen atoms in total. The summed E-state index contributed by atoms with van der Waals surface area (Å²) in [7, 11) is 0. The molecule has 0 amide bonds. The third-order valence-electron chi connectivity index (χ3n) is 8.83. The van der Waals surface area contributed by atoms with Gasteiger partial charge in [-0.1, -0.05) is 147 Å². The molecule has 5 aromatic carbocycles. The Balaban J connectivity index is 0.000000340. The first kappa shape index (κ1) is 34.0.